The first kappa shape index (κ1) is 32.6. The summed E-state index contributed by atoms with van der Waals surface area (Å²) in [5.74, 6) is -3.69. The highest BCUT2D eigenvalue weighted by Crippen LogP contribution is 2.42. The molecular formula is C35H40F3N7O2. The number of rotatable bonds is 10. The minimum absolute atomic E-state index is 0.0196. The summed E-state index contributed by atoms with van der Waals surface area (Å²) in [5, 5.41) is 2.37. The van der Waals surface area contributed by atoms with E-state index in [1.165, 1.54) is 21.2 Å². The van der Waals surface area contributed by atoms with Crippen LogP contribution >= 0.6 is 0 Å². The standard InChI is InChI=1S/C35H40F3N7O2/c1-23-7-5-8-26-9-6-10-30(31(23)26)43-12-11-28-29(22-43)40-34(47-16-15-42(4)20-25-17-35(37,38)18-25)41-32(28)44-13-14-45(33(46)24(2)36)27(21-44)19-39-3/h5-10,25,27H,2,11-22H2,1,4H3/t27-/m0/s1. The molecular weight excluding hydrogens is 607 g/mol. The van der Waals surface area contributed by atoms with Gasteiger partial charge in [0.05, 0.1) is 12.2 Å². The summed E-state index contributed by atoms with van der Waals surface area (Å²) in [5.41, 5.74) is 4.15. The van der Waals surface area contributed by atoms with Gasteiger partial charge >= 0.3 is 6.01 Å². The molecule has 3 aromatic rings. The third-order valence-corrected chi connectivity index (χ3v) is 9.48. The SMILES string of the molecule is [C-]#[N+]C[C@H]1CN(c2nc(OCCN(C)CC3CC(F)(F)C3)nc3c2CCN(c2cccc4cccc(C)c24)C3)CCN1C(=O)C(=C)F. The number of anilines is 2. The van der Waals surface area contributed by atoms with E-state index >= 15 is 0 Å². The molecule has 47 heavy (non-hydrogen) atoms. The van der Waals surface area contributed by atoms with E-state index in [1.54, 1.807) is 0 Å². The first-order chi connectivity index (χ1) is 22.5. The number of carbonyl (C=O) groups excluding carboxylic acids is 1. The molecule has 1 aliphatic carbocycles. The van der Waals surface area contributed by atoms with E-state index < -0.39 is 23.7 Å². The predicted octanol–water partition coefficient (Wildman–Crippen LogP) is 5.28. The van der Waals surface area contributed by atoms with Crippen LogP contribution < -0.4 is 14.5 Å². The second kappa shape index (κ2) is 13.4. The van der Waals surface area contributed by atoms with Gasteiger partial charge in [0.2, 0.25) is 12.5 Å². The van der Waals surface area contributed by atoms with Crippen LogP contribution in [0, 0.1) is 19.4 Å². The molecule has 2 aromatic carbocycles. The molecule has 0 unspecified atom stereocenters. The number of hydrogen-bond acceptors (Lipinski definition) is 7. The maximum Gasteiger partial charge on any atom is 0.318 e. The number of likely N-dealkylation sites (N-methyl/N-ethyl adjacent to an activating group) is 1. The molecule has 9 nitrogen and oxygen atoms in total. The Hall–Kier alpha value is -4.37. The van der Waals surface area contributed by atoms with Crippen LogP contribution in [-0.4, -0.2) is 97.1 Å². The zero-order valence-electron chi connectivity index (χ0n) is 26.9. The Bertz CT molecular complexity index is 1700. The molecule has 1 atom stereocenters. The highest BCUT2D eigenvalue weighted by Gasteiger charge is 2.45. The monoisotopic (exact) mass is 647 g/mol. The van der Waals surface area contributed by atoms with E-state index in [0.717, 1.165) is 23.5 Å². The van der Waals surface area contributed by atoms with Crippen LogP contribution in [0.3, 0.4) is 0 Å². The molecule has 1 saturated carbocycles. The van der Waals surface area contributed by atoms with Crippen molar-refractivity contribution in [3.63, 3.8) is 0 Å². The lowest BCUT2D eigenvalue weighted by molar-refractivity contribution is -0.131. The third-order valence-electron chi connectivity index (χ3n) is 9.48. The van der Waals surface area contributed by atoms with Crippen molar-refractivity contribution in [2.75, 3.05) is 69.3 Å². The van der Waals surface area contributed by atoms with Gasteiger partial charge in [-0.1, -0.05) is 36.9 Å². The molecule has 2 aliphatic heterocycles. The predicted molar refractivity (Wildman–Crippen MR) is 176 cm³/mol. The fourth-order valence-corrected chi connectivity index (χ4v) is 7.16. The number of hydrogen-bond donors (Lipinski definition) is 0. The molecule has 3 aliphatic rings. The number of amides is 1. The van der Waals surface area contributed by atoms with E-state index in [2.05, 4.69) is 64.5 Å². The van der Waals surface area contributed by atoms with Crippen LogP contribution in [0.1, 0.15) is 29.7 Å². The summed E-state index contributed by atoms with van der Waals surface area (Å²) in [6, 6.07) is 12.3. The minimum Gasteiger partial charge on any atom is -0.462 e. The summed E-state index contributed by atoms with van der Waals surface area (Å²) >= 11 is 0. The van der Waals surface area contributed by atoms with Gasteiger partial charge in [-0.2, -0.15) is 9.97 Å². The van der Waals surface area contributed by atoms with Crippen LogP contribution in [0.15, 0.2) is 48.8 Å². The highest BCUT2D eigenvalue weighted by molar-refractivity contribution is 5.97. The fourth-order valence-electron chi connectivity index (χ4n) is 7.16. The molecule has 1 amide bonds. The lowest BCUT2D eigenvalue weighted by Crippen LogP contribution is -2.57. The smallest absolute Gasteiger partial charge is 0.318 e. The largest absolute Gasteiger partial charge is 0.462 e. The van der Waals surface area contributed by atoms with Gasteiger partial charge in [-0.25, -0.2) is 19.7 Å². The van der Waals surface area contributed by atoms with Crippen LogP contribution in [-0.2, 0) is 17.8 Å². The summed E-state index contributed by atoms with van der Waals surface area (Å²) in [4.78, 5) is 33.6. The molecule has 0 N–H and O–H groups in total. The van der Waals surface area contributed by atoms with Crippen LogP contribution in [0.25, 0.3) is 15.6 Å². The normalized spacial score (nSPS) is 19.3. The number of aryl methyl sites for hydroxylation is 1. The number of nitrogens with zero attached hydrogens (tertiary/aromatic N) is 7. The van der Waals surface area contributed by atoms with Crippen molar-refractivity contribution in [3.05, 3.63) is 77.0 Å². The molecule has 1 aromatic heterocycles. The second-order valence-corrected chi connectivity index (χ2v) is 13.0. The summed E-state index contributed by atoms with van der Waals surface area (Å²) in [7, 11) is 1.90. The van der Waals surface area contributed by atoms with E-state index in [9.17, 15) is 18.0 Å². The van der Waals surface area contributed by atoms with E-state index in [4.69, 9.17) is 21.3 Å². The van der Waals surface area contributed by atoms with Crippen molar-refractivity contribution in [1.82, 2.24) is 19.8 Å². The van der Waals surface area contributed by atoms with Crippen LogP contribution in [0.4, 0.5) is 24.7 Å². The number of benzene rings is 2. The Balaban J connectivity index is 1.26. The molecule has 2 fully saturated rings. The molecule has 0 bridgehead atoms. The molecule has 1 saturated heterocycles. The summed E-state index contributed by atoms with van der Waals surface area (Å²) < 4.78 is 46.6. The fraction of sp³-hybridized carbons (Fsp3) is 0.486. The first-order valence-corrected chi connectivity index (χ1v) is 16.1. The number of ether oxygens (including phenoxy) is 1. The van der Waals surface area contributed by atoms with Gasteiger partial charge in [-0.05, 0) is 43.3 Å². The second-order valence-electron chi connectivity index (χ2n) is 13.0. The van der Waals surface area contributed by atoms with Gasteiger partial charge in [-0.15, -0.1) is 0 Å². The van der Waals surface area contributed by atoms with Gasteiger partial charge in [0.1, 0.15) is 18.5 Å². The molecule has 12 heteroatoms. The summed E-state index contributed by atoms with van der Waals surface area (Å²) in [6.07, 6.45) is 0.528. The van der Waals surface area contributed by atoms with Gasteiger partial charge in [0, 0.05) is 68.7 Å². The van der Waals surface area contributed by atoms with Gasteiger partial charge in [0.25, 0.3) is 5.91 Å². The maximum atomic E-state index is 13.8. The van der Waals surface area contributed by atoms with Crippen molar-refractivity contribution >= 4 is 28.2 Å². The van der Waals surface area contributed by atoms with Crippen molar-refractivity contribution in [3.8, 4) is 6.01 Å². The van der Waals surface area contributed by atoms with E-state index in [0.29, 0.717) is 45.0 Å². The van der Waals surface area contributed by atoms with E-state index in [1.807, 2.05) is 11.9 Å². The van der Waals surface area contributed by atoms with Gasteiger partial charge in [-0.3, -0.25) is 4.79 Å². The Kier molecular flexibility index (Phi) is 9.28. The molecule has 248 valence electrons. The van der Waals surface area contributed by atoms with Crippen molar-refractivity contribution < 1.29 is 22.7 Å². The number of piperazine rings is 1. The van der Waals surface area contributed by atoms with Crippen LogP contribution in [0.2, 0.25) is 0 Å². The number of carbonyl (C=O) groups is 1. The Morgan fingerprint density at radius 3 is 2.64 bits per heavy atom. The number of alkyl halides is 2. The van der Waals surface area contributed by atoms with Crippen molar-refractivity contribution in [2.45, 2.75) is 44.7 Å². The molecule has 6 rings (SSSR count). The Labute approximate surface area is 273 Å². The van der Waals surface area contributed by atoms with Gasteiger partial charge < -0.3 is 29.2 Å². The molecule has 0 spiro atoms. The third kappa shape index (κ3) is 7.00. The van der Waals surface area contributed by atoms with Gasteiger partial charge in [0.15, 0.2) is 5.83 Å². The Morgan fingerprint density at radius 1 is 1.15 bits per heavy atom. The quantitative estimate of drug-likeness (QED) is 0.219. The molecule has 3 heterocycles. The van der Waals surface area contributed by atoms with Crippen molar-refractivity contribution in [2.24, 2.45) is 5.92 Å². The topological polar surface area (TPSA) is 69.4 Å². The number of aromatic nitrogens is 2. The first-order valence-electron chi connectivity index (χ1n) is 16.1. The zero-order valence-corrected chi connectivity index (χ0v) is 26.9. The van der Waals surface area contributed by atoms with E-state index in [-0.39, 0.29) is 44.5 Å². The Morgan fingerprint density at radius 2 is 1.91 bits per heavy atom. The van der Waals surface area contributed by atoms with Crippen LogP contribution in [0.5, 0.6) is 6.01 Å². The lowest BCUT2D eigenvalue weighted by atomic mass is 9.81. The molecule has 0 radical (unpaired) electrons. The average Bonchev–Trinajstić information content (AvgIpc) is 3.03. The highest BCUT2D eigenvalue weighted by atomic mass is 19.3. The lowest BCUT2D eigenvalue weighted by Gasteiger charge is -2.41. The maximum absolute atomic E-state index is 13.8. The average molecular weight is 648 g/mol. The van der Waals surface area contributed by atoms with Crippen molar-refractivity contribution in [1.29, 1.82) is 0 Å². The summed E-state index contributed by atoms with van der Waals surface area (Å²) in [6.45, 7) is 16.4. The number of halogens is 3. The number of fused-ring (bicyclic) bond motifs is 2. The minimum atomic E-state index is -2.54. The zero-order chi connectivity index (χ0) is 33.3.